The van der Waals surface area contributed by atoms with Gasteiger partial charge in [-0.25, -0.2) is 4.79 Å². The number of rotatable bonds is 8. The van der Waals surface area contributed by atoms with E-state index >= 15 is 0 Å². The molecule has 1 aliphatic carbocycles. The van der Waals surface area contributed by atoms with Crippen LogP contribution in [-0.2, 0) is 9.53 Å². The van der Waals surface area contributed by atoms with Crippen LogP contribution in [0, 0.1) is 11.8 Å². The van der Waals surface area contributed by atoms with Crippen LogP contribution in [0.5, 0.6) is 0 Å². The second kappa shape index (κ2) is 11.2. The summed E-state index contributed by atoms with van der Waals surface area (Å²) in [4.78, 5) is 36.7. The van der Waals surface area contributed by atoms with Gasteiger partial charge in [-0.3, -0.25) is 4.79 Å². The number of carboxylic acids is 1. The van der Waals surface area contributed by atoms with Crippen LogP contribution in [0.3, 0.4) is 0 Å². The van der Waals surface area contributed by atoms with Crippen LogP contribution in [0.2, 0.25) is 5.04 Å². The number of carbonyl (C=O) groups excluding carboxylic acids is 1. The first-order valence-corrected chi connectivity index (χ1v) is 14.8. The molecule has 0 aliphatic heterocycles. The monoisotopic (exact) mass is 511 g/mol. The number of amides is 1. The molecule has 7 heteroatoms. The Morgan fingerprint density at radius 1 is 0.944 bits per heavy atom. The van der Waals surface area contributed by atoms with E-state index in [9.17, 15) is 19.5 Å². The standard InChI is InChI=1S/C29H41NO5Si/c1-28(2,3)35-27(33)30-25-18-21(19-26(31)32)16-17-22(25)20-29(4,5)36(34,23-12-8-6-9-13-23)24-14-10-7-11-15-24/h6-15,21-22,25,34H,16-20H2,1-5H3,(H,30,33)(H,31,32)/t21-,22-,25+/m0/s1. The Labute approximate surface area is 216 Å². The van der Waals surface area contributed by atoms with Crippen LogP contribution in [0.1, 0.15) is 66.7 Å². The average molecular weight is 512 g/mol. The van der Waals surface area contributed by atoms with Gasteiger partial charge in [0.2, 0.25) is 0 Å². The van der Waals surface area contributed by atoms with Gasteiger partial charge in [0.25, 0.3) is 8.32 Å². The van der Waals surface area contributed by atoms with Gasteiger partial charge in [0.05, 0.1) is 0 Å². The van der Waals surface area contributed by atoms with Gasteiger partial charge in [-0.2, -0.15) is 0 Å². The molecule has 0 heterocycles. The van der Waals surface area contributed by atoms with Crippen molar-refractivity contribution in [2.24, 2.45) is 11.8 Å². The van der Waals surface area contributed by atoms with Crippen molar-refractivity contribution in [1.29, 1.82) is 0 Å². The van der Waals surface area contributed by atoms with Crippen molar-refractivity contribution in [3.63, 3.8) is 0 Å². The van der Waals surface area contributed by atoms with Gasteiger partial charge >= 0.3 is 12.1 Å². The van der Waals surface area contributed by atoms with Crippen molar-refractivity contribution < 1.29 is 24.2 Å². The quantitative estimate of drug-likeness (QED) is 0.447. The molecular weight excluding hydrogens is 470 g/mol. The van der Waals surface area contributed by atoms with Crippen LogP contribution in [0.25, 0.3) is 0 Å². The van der Waals surface area contributed by atoms with Gasteiger partial charge < -0.3 is 20.0 Å². The van der Waals surface area contributed by atoms with Crippen molar-refractivity contribution in [3.05, 3.63) is 60.7 Å². The molecule has 0 bridgehead atoms. The number of aliphatic carboxylic acids is 1. The van der Waals surface area contributed by atoms with Gasteiger partial charge in [-0.1, -0.05) is 74.5 Å². The summed E-state index contributed by atoms with van der Waals surface area (Å²) in [5, 5.41) is 13.9. The number of carbonyl (C=O) groups is 2. The summed E-state index contributed by atoms with van der Waals surface area (Å²) in [5.41, 5.74) is -0.623. The number of benzene rings is 2. The molecule has 0 aromatic heterocycles. The maximum Gasteiger partial charge on any atom is 0.407 e. The number of hydrogen-bond acceptors (Lipinski definition) is 4. The third-order valence-electron chi connectivity index (χ3n) is 7.40. The van der Waals surface area contributed by atoms with Crippen LogP contribution >= 0.6 is 0 Å². The Hall–Kier alpha value is -2.64. The predicted octanol–water partition coefficient (Wildman–Crippen LogP) is 4.69. The van der Waals surface area contributed by atoms with Gasteiger partial charge in [-0.05, 0) is 73.7 Å². The van der Waals surface area contributed by atoms with Crippen molar-refractivity contribution >= 4 is 30.8 Å². The number of hydrogen-bond donors (Lipinski definition) is 3. The highest BCUT2D eigenvalue weighted by Gasteiger charge is 2.51. The fourth-order valence-corrected chi connectivity index (χ4v) is 9.55. The SMILES string of the molecule is CC(C)(C)OC(=O)N[C@@H]1C[C@@H](CC(=O)O)CC[C@H]1CC(C)(C)[Si](O)(c1ccccc1)c1ccccc1. The number of carboxylic acid groups (broad SMARTS) is 1. The van der Waals surface area contributed by atoms with E-state index in [-0.39, 0.29) is 24.3 Å². The highest BCUT2D eigenvalue weighted by Crippen LogP contribution is 2.46. The molecule has 2 aromatic carbocycles. The minimum absolute atomic E-state index is 0.00109. The molecule has 0 saturated heterocycles. The molecule has 6 nitrogen and oxygen atoms in total. The lowest BCUT2D eigenvalue weighted by atomic mass is 9.74. The topological polar surface area (TPSA) is 95.9 Å². The molecule has 0 unspecified atom stereocenters. The first-order chi connectivity index (χ1) is 16.8. The van der Waals surface area contributed by atoms with E-state index in [0.717, 1.165) is 23.2 Å². The number of ether oxygens (including phenoxy) is 1. The third kappa shape index (κ3) is 6.76. The van der Waals surface area contributed by atoms with Crippen molar-refractivity contribution in [2.45, 2.75) is 83.4 Å². The second-order valence-corrected chi connectivity index (χ2v) is 15.7. The Morgan fingerprint density at radius 3 is 1.94 bits per heavy atom. The van der Waals surface area contributed by atoms with Gasteiger partial charge in [0.15, 0.2) is 0 Å². The average Bonchev–Trinajstić information content (AvgIpc) is 2.79. The first kappa shape index (κ1) is 27.9. The third-order valence-corrected chi connectivity index (χ3v) is 11.9. The van der Waals surface area contributed by atoms with Gasteiger partial charge in [0, 0.05) is 12.5 Å². The van der Waals surface area contributed by atoms with E-state index < -0.39 is 31.0 Å². The van der Waals surface area contributed by atoms with Crippen molar-refractivity contribution in [2.75, 3.05) is 0 Å². The molecule has 36 heavy (non-hydrogen) atoms. The number of nitrogens with one attached hydrogen (secondary N) is 1. The zero-order valence-corrected chi connectivity index (χ0v) is 23.2. The molecule has 1 amide bonds. The fraction of sp³-hybridized carbons (Fsp3) is 0.517. The fourth-order valence-electron chi connectivity index (χ4n) is 5.74. The maximum atomic E-state index is 12.7. The Morgan fingerprint density at radius 2 is 1.47 bits per heavy atom. The second-order valence-electron chi connectivity index (χ2n) is 11.8. The number of alkyl carbamates (subject to hydrolysis) is 1. The highest BCUT2D eigenvalue weighted by molar-refractivity contribution is 6.98. The van der Waals surface area contributed by atoms with E-state index in [1.807, 2.05) is 81.4 Å². The summed E-state index contributed by atoms with van der Waals surface area (Å²) in [6, 6.07) is 19.6. The Bertz CT molecular complexity index is 979. The van der Waals surface area contributed by atoms with Gasteiger partial charge in [0.1, 0.15) is 5.60 Å². The summed E-state index contributed by atoms with van der Waals surface area (Å²) < 4.78 is 5.53. The molecule has 196 valence electrons. The maximum absolute atomic E-state index is 12.7. The van der Waals surface area contributed by atoms with Crippen LogP contribution in [0.15, 0.2) is 60.7 Å². The zero-order valence-electron chi connectivity index (χ0n) is 22.2. The molecule has 3 atom stereocenters. The van der Waals surface area contributed by atoms with Crippen molar-refractivity contribution in [3.8, 4) is 0 Å². The van der Waals surface area contributed by atoms with E-state index in [1.165, 1.54) is 0 Å². The normalized spacial score (nSPS) is 21.0. The van der Waals surface area contributed by atoms with Crippen LogP contribution in [0.4, 0.5) is 4.79 Å². The van der Waals surface area contributed by atoms with E-state index in [0.29, 0.717) is 12.8 Å². The minimum atomic E-state index is -3.20. The molecule has 0 radical (unpaired) electrons. The lowest BCUT2D eigenvalue weighted by Crippen LogP contribution is -2.66. The lowest BCUT2D eigenvalue weighted by molar-refractivity contribution is -0.138. The summed E-state index contributed by atoms with van der Waals surface area (Å²) in [7, 11) is -3.20. The first-order valence-electron chi connectivity index (χ1n) is 12.9. The summed E-state index contributed by atoms with van der Waals surface area (Å²) in [5.74, 6) is -0.727. The molecule has 1 fully saturated rings. The highest BCUT2D eigenvalue weighted by atomic mass is 28.4. The molecule has 1 saturated carbocycles. The van der Waals surface area contributed by atoms with E-state index in [1.54, 1.807) is 0 Å². The van der Waals surface area contributed by atoms with Crippen LogP contribution < -0.4 is 15.7 Å². The lowest BCUT2D eigenvalue weighted by Gasteiger charge is -2.46. The van der Waals surface area contributed by atoms with E-state index in [2.05, 4.69) is 19.2 Å². The van der Waals surface area contributed by atoms with Crippen LogP contribution in [-0.4, -0.2) is 41.9 Å². The predicted molar refractivity (Wildman–Crippen MR) is 145 cm³/mol. The smallest absolute Gasteiger partial charge is 0.407 e. The molecular formula is C29H41NO5Si. The Kier molecular flexibility index (Phi) is 8.67. The zero-order chi connectivity index (χ0) is 26.6. The minimum Gasteiger partial charge on any atom is -0.481 e. The largest absolute Gasteiger partial charge is 0.481 e. The van der Waals surface area contributed by atoms with Gasteiger partial charge in [-0.15, -0.1) is 0 Å². The molecule has 1 aliphatic rings. The molecule has 0 spiro atoms. The molecule has 3 rings (SSSR count). The molecule has 2 aromatic rings. The molecule has 3 N–H and O–H groups in total. The van der Waals surface area contributed by atoms with Crippen molar-refractivity contribution in [1.82, 2.24) is 5.32 Å². The van der Waals surface area contributed by atoms with E-state index in [4.69, 9.17) is 4.74 Å². The Balaban J connectivity index is 1.92. The summed E-state index contributed by atoms with van der Waals surface area (Å²) in [6.45, 7) is 9.74. The summed E-state index contributed by atoms with van der Waals surface area (Å²) in [6.07, 6.45) is 2.47. The summed E-state index contributed by atoms with van der Waals surface area (Å²) >= 11 is 0.